The molecule has 1 N–H and O–H groups in total. The van der Waals surface area contributed by atoms with Crippen molar-refractivity contribution in [2.75, 3.05) is 20.1 Å². The maximum absolute atomic E-state index is 10.1. The van der Waals surface area contributed by atoms with Gasteiger partial charge < -0.3 is 10.0 Å². The largest absolute Gasteiger partial charge is 0.508 e. The minimum atomic E-state index is 0.0730. The van der Waals surface area contributed by atoms with Gasteiger partial charge in [-0.15, -0.1) is 0 Å². The second-order valence-electron chi connectivity index (χ2n) is 8.59. The molecule has 0 radical (unpaired) electrons. The van der Waals surface area contributed by atoms with Crippen LogP contribution in [0.2, 0.25) is 0 Å². The molecule has 2 heterocycles. The third kappa shape index (κ3) is 2.72. The first-order valence-electron chi connectivity index (χ1n) is 9.91. The Labute approximate surface area is 160 Å². The Kier molecular flexibility index (Phi) is 3.76. The molecule has 1 aromatic heterocycles. The van der Waals surface area contributed by atoms with E-state index in [4.69, 9.17) is 4.98 Å². The highest BCUT2D eigenvalue weighted by Crippen LogP contribution is 2.48. The van der Waals surface area contributed by atoms with Gasteiger partial charge in [0.15, 0.2) is 0 Å². The Morgan fingerprint density at radius 1 is 1.15 bits per heavy atom. The fourth-order valence-electron chi connectivity index (χ4n) is 5.30. The summed E-state index contributed by atoms with van der Waals surface area (Å²) in [6.45, 7) is 4.33. The Morgan fingerprint density at radius 3 is 2.89 bits per heavy atom. The number of piperidine rings is 1. The Balaban J connectivity index is 1.66. The van der Waals surface area contributed by atoms with Gasteiger partial charge in [0, 0.05) is 29.5 Å². The molecule has 0 amide bonds. The average Bonchev–Trinajstić information content (AvgIpc) is 2.65. The van der Waals surface area contributed by atoms with Gasteiger partial charge in [0.25, 0.3) is 0 Å². The number of aryl methyl sites for hydroxylation is 1. The van der Waals surface area contributed by atoms with Crippen LogP contribution < -0.4 is 0 Å². The highest BCUT2D eigenvalue weighted by atomic mass is 16.3. The van der Waals surface area contributed by atoms with E-state index in [1.165, 1.54) is 27.8 Å². The third-order valence-electron chi connectivity index (χ3n) is 6.76. The van der Waals surface area contributed by atoms with Gasteiger partial charge in [0.1, 0.15) is 5.75 Å². The lowest BCUT2D eigenvalue weighted by Crippen LogP contribution is -2.53. The molecule has 1 aliphatic carbocycles. The number of nitrogens with zero attached hydrogens (tertiary/aromatic N) is 2. The number of hydrogen-bond acceptors (Lipinski definition) is 3. The van der Waals surface area contributed by atoms with Crippen molar-refractivity contribution in [2.45, 2.75) is 31.6 Å². The van der Waals surface area contributed by atoms with Gasteiger partial charge in [0.2, 0.25) is 0 Å². The molecule has 3 aromatic rings. The number of benzene rings is 2. The summed E-state index contributed by atoms with van der Waals surface area (Å²) >= 11 is 0. The van der Waals surface area contributed by atoms with Crippen LogP contribution in [0.25, 0.3) is 10.9 Å². The minimum absolute atomic E-state index is 0.0730. The average molecular weight is 358 g/mol. The number of phenols is 1. The van der Waals surface area contributed by atoms with E-state index in [1.807, 2.05) is 12.1 Å². The SMILES string of the molecule is Cc1ccc2nc3c(cc2c1)C[C@H]1CN(C)CC[C@@]1(c1cccc(O)c1)C3. The summed E-state index contributed by atoms with van der Waals surface area (Å²) in [5, 5.41) is 11.4. The van der Waals surface area contributed by atoms with Crippen molar-refractivity contribution < 1.29 is 5.11 Å². The van der Waals surface area contributed by atoms with Gasteiger partial charge in [-0.2, -0.15) is 0 Å². The molecule has 138 valence electrons. The Morgan fingerprint density at radius 2 is 2.04 bits per heavy atom. The van der Waals surface area contributed by atoms with Crippen LogP contribution in [-0.2, 0) is 18.3 Å². The van der Waals surface area contributed by atoms with Crippen LogP contribution in [0.1, 0.15) is 28.8 Å². The van der Waals surface area contributed by atoms with E-state index < -0.39 is 0 Å². The van der Waals surface area contributed by atoms with Crippen LogP contribution in [0, 0.1) is 12.8 Å². The van der Waals surface area contributed by atoms with E-state index in [0.29, 0.717) is 11.7 Å². The maximum Gasteiger partial charge on any atom is 0.115 e. The van der Waals surface area contributed by atoms with Gasteiger partial charge in [-0.1, -0.05) is 23.8 Å². The van der Waals surface area contributed by atoms with E-state index in [0.717, 1.165) is 37.9 Å². The molecule has 0 bridgehead atoms. The normalized spacial score (nSPS) is 25.2. The highest BCUT2D eigenvalue weighted by molar-refractivity contribution is 5.80. The number of pyridine rings is 1. The molecular weight excluding hydrogens is 332 g/mol. The lowest BCUT2D eigenvalue weighted by molar-refractivity contribution is 0.0987. The van der Waals surface area contributed by atoms with Crippen molar-refractivity contribution in [1.82, 2.24) is 9.88 Å². The molecule has 0 spiro atoms. The number of hydrogen-bond donors (Lipinski definition) is 1. The van der Waals surface area contributed by atoms with E-state index in [-0.39, 0.29) is 5.41 Å². The van der Waals surface area contributed by atoms with Crippen LogP contribution in [0.15, 0.2) is 48.5 Å². The first-order valence-corrected chi connectivity index (χ1v) is 9.91. The lowest BCUT2D eigenvalue weighted by atomic mass is 9.58. The topological polar surface area (TPSA) is 36.4 Å². The zero-order chi connectivity index (χ0) is 18.6. The summed E-state index contributed by atoms with van der Waals surface area (Å²) < 4.78 is 0. The number of fused-ring (bicyclic) bond motifs is 3. The molecule has 1 saturated heterocycles. The van der Waals surface area contributed by atoms with Crippen LogP contribution in [-0.4, -0.2) is 35.1 Å². The summed E-state index contributed by atoms with van der Waals surface area (Å²) in [6, 6.07) is 16.8. The van der Waals surface area contributed by atoms with Crippen molar-refractivity contribution in [1.29, 1.82) is 0 Å². The van der Waals surface area contributed by atoms with Gasteiger partial charge in [-0.05, 0) is 80.7 Å². The molecule has 0 unspecified atom stereocenters. The number of aromatic hydroxyl groups is 1. The standard InChI is InChI=1S/C24H26N2O/c1-16-6-7-22-17(10-16)11-18-12-20-15-26(2)9-8-24(20,14-23(18)25-22)19-4-3-5-21(27)13-19/h3-7,10-11,13,20,27H,8-9,12,14-15H2,1-2H3/t20-,24-/m0/s1. The molecule has 3 nitrogen and oxygen atoms in total. The summed E-state index contributed by atoms with van der Waals surface area (Å²) in [5.74, 6) is 0.918. The summed E-state index contributed by atoms with van der Waals surface area (Å²) in [4.78, 5) is 7.54. The third-order valence-corrected chi connectivity index (χ3v) is 6.76. The monoisotopic (exact) mass is 358 g/mol. The van der Waals surface area contributed by atoms with E-state index >= 15 is 0 Å². The molecule has 2 atom stereocenters. The second kappa shape index (κ2) is 6.07. The first kappa shape index (κ1) is 16.8. The molecule has 3 heteroatoms. The smallest absolute Gasteiger partial charge is 0.115 e. The van der Waals surface area contributed by atoms with Gasteiger partial charge in [-0.25, -0.2) is 0 Å². The Bertz CT molecular complexity index is 1030. The van der Waals surface area contributed by atoms with Crippen LogP contribution in [0.3, 0.4) is 0 Å². The molecule has 1 aliphatic heterocycles. The molecule has 5 rings (SSSR count). The van der Waals surface area contributed by atoms with E-state index in [9.17, 15) is 5.11 Å². The van der Waals surface area contributed by atoms with E-state index in [2.05, 4.69) is 49.2 Å². The fourth-order valence-corrected chi connectivity index (χ4v) is 5.30. The van der Waals surface area contributed by atoms with Crippen molar-refractivity contribution >= 4 is 10.9 Å². The lowest BCUT2D eigenvalue weighted by Gasteiger charge is -2.50. The molecule has 27 heavy (non-hydrogen) atoms. The van der Waals surface area contributed by atoms with E-state index in [1.54, 1.807) is 6.07 Å². The molecular formula is C24H26N2O. The molecule has 0 saturated carbocycles. The zero-order valence-electron chi connectivity index (χ0n) is 16.1. The Hall–Kier alpha value is -2.39. The second-order valence-corrected chi connectivity index (χ2v) is 8.59. The summed E-state index contributed by atoms with van der Waals surface area (Å²) in [6.07, 6.45) is 3.14. The molecule has 1 fully saturated rings. The predicted molar refractivity (Wildman–Crippen MR) is 109 cm³/mol. The van der Waals surface area contributed by atoms with Gasteiger partial charge in [0.05, 0.1) is 5.52 Å². The quantitative estimate of drug-likeness (QED) is 0.707. The maximum atomic E-state index is 10.1. The molecule has 2 aliphatic rings. The fraction of sp³-hybridized carbons (Fsp3) is 0.375. The number of rotatable bonds is 1. The van der Waals surface area contributed by atoms with Crippen molar-refractivity contribution in [3.63, 3.8) is 0 Å². The van der Waals surface area contributed by atoms with Crippen molar-refractivity contribution in [3.05, 3.63) is 70.9 Å². The number of phenolic OH excluding ortho intramolecular Hbond substituents is 1. The summed E-state index contributed by atoms with van der Waals surface area (Å²) in [5.41, 5.74) is 6.38. The minimum Gasteiger partial charge on any atom is -0.508 e. The van der Waals surface area contributed by atoms with Crippen molar-refractivity contribution in [3.8, 4) is 5.75 Å². The predicted octanol–water partition coefficient (Wildman–Crippen LogP) is 4.24. The summed E-state index contributed by atoms with van der Waals surface area (Å²) in [7, 11) is 2.23. The first-order chi connectivity index (χ1) is 13.0. The van der Waals surface area contributed by atoms with Crippen LogP contribution in [0.5, 0.6) is 5.75 Å². The zero-order valence-corrected chi connectivity index (χ0v) is 16.1. The van der Waals surface area contributed by atoms with Crippen LogP contribution >= 0.6 is 0 Å². The number of aromatic nitrogens is 1. The van der Waals surface area contributed by atoms with Crippen LogP contribution in [0.4, 0.5) is 0 Å². The molecule has 2 aromatic carbocycles. The number of likely N-dealkylation sites (tertiary alicyclic amines) is 1. The van der Waals surface area contributed by atoms with Gasteiger partial charge >= 0.3 is 0 Å². The van der Waals surface area contributed by atoms with Gasteiger partial charge in [-0.3, -0.25) is 4.98 Å². The highest BCUT2D eigenvalue weighted by Gasteiger charge is 2.47. The van der Waals surface area contributed by atoms with Crippen molar-refractivity contribution in [2.24, 2.45) is 5.92 Å².